The van der Waals surface area contributed by atoms with Gasteiger partial charge in [-0.05, 0) is 53.1 Å². The summed E-state index contributed by atoms with van der Waals surface area (Å²) in [6, 6.07) is 21.9. The maximum Gasteiger partial charge on any atom is 0.242 e. The van der Waals surface area contributed by atoms with Gasteiger partial charge in [-0.25, -0.2) is 0 Å². The summed E-state index contributed by atoms with van der Waals surface area (Å²) in [6.07, 6.45) is 1.68. The van der Waals surface area contributed by atoms with Crippen LogP contribution in [-0.4, -0.2) is 34.5 Å². The molecule has 0 N–H and O–H groups in total. The van der Waals surface area contributed by atoms with E-state index in [0.717, 1.165) is 27.6 Å². The first-order chi connectivity index (χ1) is 14.2. The van der Waals surface area contributed by atoms with Crippen LogP contribution < -0.4 is 4.74 Å². The predicted molar refractivity (Wildman–Crippen MR) is 120 cm³/mol. The molecule has 1 atom stereocenters. The molecule has 1 fully saturated rings. The lowest BCUT2D eigenvalue weighted by Gasteiger charge is -2.17. The number of methoxy groups -OCH3 is 1. The molecular formula is C23H21N3O2S. The highest BCUT2D eigenvalue weighted by Crippen LogP contribution is 2.30. The van der Waals surface area contributed by atoms with Gasteiger partial charge in [0.05, 0.1) is 25.1 Å². The Morgan fingerprint density at radius 1 is 1.07 bits per heavy atom. The lowest BCUT2D eigenvalue weighted by molar-refractivity contribution is -0.126. The molecule has 0 aromatic heterocycles. The van der Waals surface area contributed by atoms with Gasteiger partial charge in [0.2, 0.25) is 5.91 Å². The Morgan fingerprint density at radius 3 is 2.62 bits per heavy atom. The number of ether oxygens (including phenoxy) is 1. The lowest BCUT2D eigenvalue weighted by Crippen LogP contribution is -2.30. The van der Waals surface area contributed by atoms with Gasteiger partial charge in [0, 0.05) is 0 Å². The van der Waals surface area contributed by atoms with E-state index in [-0.39, 0.29) is 11.2 Å². The molecule has 1 aliphatic heterocycles. The molecule has 5 nitrogen and oxygen atoms in total. The van der Waals surface area contributed by atoms with Crippen molar-refractivity contribution in [1.82, 2.24) is 4.90 Å². The number of benzene rings is 3. The third kappa shape index (κ3) is 4.17. The van der Waals surface area contributed by atoms with Gasteiger partial charge in [0.1, 0.15) is 5.75 Å². The lowest BCUT2D eigenvalue weighted by atomic mass is 10.0. The summed E-state index contributed by atoms with van der Waals surface area (Å²) in [5, 5.41) is 11.3. The standard InChI is InChI=1S/C23H21N3O2S/c1-16-22(27)26(15-19-8-5-7-18-6-3-4-9-21(18)19)23(29-16)25-24-14-17-10-12-20(28-2)13-11-17/h3-14,16H,15H2,1-2H3/b24-14-,25-23+/t16-/m0/s1. The van der Waals surface area contributed by atoms with Crippen molar-refractivity contribution >= 4 is 39.8 Å². The van der Waals surface area contributed by atoms with Crippen molar-refractivity contribution in [2.45, 2.75) is 18.7 Å². The molecule has 3 aromatic rings. The van der Waals surface area contributed by atoms with Crippen molar-refractivity contribution in [2.24, 2.45) is 10.2 Å². The van der Waals surface area contributed by atoms with E-state index in [1.165, 1.54) is 11.8 Å². The molecule has 1 amide bonds. The number of carbonyl (C=O) groups is 1. The smallest absolute Gasteiger partial charge is 0.242 e. The Balaban J connectivity index is 1.58. The SMILES string of the molecule is COc1ccc(/C=N\N=C2\S[C@@H](C)C(=O)N2Cc2cccc3ccccc23)cc1. The number of amides is 1. The minimum Gasteiger partial charge on any atom is -0.497 e. The normalized spacial score (nSPS) is 18.3. The number of thioether (sulfide) groups is 1. The zero-order valence-corrected chi connectivity index (χ0v) is 17.1. The van der Waals surface area contributed by atoms with Crippen LogP contribution in [0.4, 0.5) is 0 Å². The van der Waals surface area contributed by atoms with Crippen molar-refractivity contribution in [3.63, 3.8) is 0 Å². The number of fused-ring (bicyclic) bond motifs is 1. The Bertz CT molecular complexity index is 1090. The summed E-state index contributed by atoms with van der Waals surface area (Å²) < 4.78 is 5.16. The number of hydrogen-bond acceptors (Lipinski definition) is 5. The van der Waals surface area contributed by atoms with E-state index < -0.39 is 0 Å². The molecule has 4 rings (SSSR count). The highest BCUT2D eigenvalue weighted by Gasteiger charge is 2.35. The van der Waals surface area contributed by atoms with E-state index in [9.17, 15) is 4.79 Å². The fourth-order valence-corrected chi connectivity index (χ4v) is 4.16. The molecule has 0 unspecified atom stereocenters. The summed E-state index contributed by atoms with van der Waals surface area (Å²) in [6.45, 7) is 2.38. The van der Waals surface area contributed by atoms with Crippen LogP contribution in [0.1, 0.15) is 18.1 Å². The maximum absolute atomic E-state index is 12.7. The van der Waals surface area contributed by atoms with E-state index in [1.807, 2.05) is 49.4 Å². The molecule has 0 spiro atoms. The Hall–Kier alpha value is -3.12. The predicted octanol–water partition coefficient (Wildman–Crippen LogP) is 4.70. The first kappa shape index (κ1) is 19.2. The highest BCUT2D eigenvalue weighted by molar-refractivity contribution is 8.15. The molecule has 0 aliphatic carbocycles. The van der Waals surface area contributed by atoms with Crippen molar-refractivity contribution < 1.29 is 9.53 Å². The van der Waals surface area contributed by atoms with E-state index in [0.29, 0.717) is 11.7 Å². The summed E-state index contributed by atoms with van der Waals surface area (Å²) in [4.78, 5) is 14.4. The molecule has 0 radical (unpaired) electrons. The Morgan fingerprint density at radius 2 is 1.83 bits per heavy atom. The number of amidine groups is 1. The molecule has 0 bridgehead atoms. The highest BCUT2D eigenvalue weighted by atomic mass is 32.2. The van der Waals surface area contributed by atoms with Crippen LogP contribution in [0.25, 0.3) is 10.8 Å². The third-order valence-corrected chi connectivity index (χ3v) is 5.87. The summed E-state index contributed by atoms with van der Waals surface area (Å²) in [7, 11) is 1.63. The number of hydrogen-bond donors (Lipinski definition) is 0. The van der Waals surface area contributed by atoms with Gasteiger partial charge < -0.3 is 4.74 Å². The number of rotatable bonds is 5. The van der Waals surface area contributed by atoms with Crippen LogP contribution in [0.2, 0.25) is 0 Å². The van der Waals surface area contributed by atoms with Crippen LogP contribution in [-0.2, 0) is 11.3 Å². The third-order valence-electron chi connectivity index (χ3n) is 4.80. The van der Waals surface area contributed by atoms with Gasteiger partial charge >= 0.3 is 0 Å². The Labute approximate surface area is 174 Å². The molecular weight excluding hydrogens is 382 g/mol. The minimum atomic E-state index is -0.167. The van der Waals surface area contributed by atoms with E-state index in [4.69, 9.17) is 4.74 Å². The van der Waals surface area contributed by atoms with Crippen molar-refractivity contribution in [3.8, 4) is 5.75 Å². The minimum absolute atomic E-state index is 0.0568. The Kier molecular flexibility index (Phi) is 5.62. The molecule has 6 heteroatoms. The van der Waals surface area contributed by atoms with Crippen molar-refractivity contribution in [2.75, 3.05) is 7.11 Å². The average molecular weight is 404 g/mol. The zero-order chi connectivity index (χ0) is 20.2. The van der Waals surface area contributed by atoms with Gasteiger partial charge in [-0.15, -0.1) is 5.10 Å². The molecule has 3 aromatic carbocycles. The largest absolute Gasteiger partial charge is 0.497 e. The van der Waals surface area contributed by atoms with Crippen LogP contribution >= 0.6 is 11.8 Å². The van der Waals surface area contributed by atoms with Crippen LogP contribution in [0.3, 0.4) is 0 Å². The molecule has 146 valence electrons. The zero-order valence-electron chi connectivity index (χ0n) is 16.3. The molecule has 0 saturated carbocycles. The molecule has 1 aliphatic rings. The first-order valence-electron chi connectivity index (χ1n) is 9.35. The second-order valence-electron chi connectivity index (χ2n) is 6.72. The van der Waals surface area contributed by atoms with Crippen LogP contribution in [0, 0.1) is 0 Å². The average Bonchev–Trinajstić information content (AvgIpc) is 3.02. The molecule has 1 saturated heterocycles. The quantitative estimate of drug-likeness (QED) is 0.458. The number of carbonyl (C=O) groups excluding carboxylic acids is 1. The van der Waals surface area contributed by atoms with E-state index >= 15 is 0 Å². The fraction of sp³-hybridized carbons (Fsp3) is 0.174. The van der Waals surface area contributed by atoms with Gasteiger partial charge in [0.25, 0.3) is 0 Å². The van der Waals surface area contributed by atoms with Crippen molar-refractivity contribution in [3.05, 3.63) is 77.9 Å². The maximum atomic E-state index is 12.7. The monoisotopic (exact) mass is 403 g/mol. The summed E-state index contributed by atoms with van der Waals surface area (Å²) >= 11 is 1.44. The second kappa shape index (κ2) is 8.49. The van der Waals surface area contributed by atoms with Gasteiger partial charge in [-0.1, -0.05) is 54.2 Å². The summed E-state index contributed by atoms with van der Waals surface area (Å²) in [5.41, 5.74) is 2.01. The number of nitrogens with zero attached hydrogens (tertiary/aromatic N) is 3. The van der Waals surface area contributed by atoms with Crippen molar-refractivity contribution in [1.29, 1.82) is 0 Å². The fourth-order valence-electron chi connectivity index (χ4n) is 3.24. The van der Waals surface area contributed by atoms with E-state index in [2.05, 4.69) is 34.5 Å². The van der Waals surface area contributed by atoms with Gasteiger partial charge in [-0.2, -0.15) is 5.10 Å². The van der Waals surface area contributed by atoms with Crippen LogP contribution in [0.5, 0.6) is 5.75 Å². The molecule has 29 heavy (non-hydrogen) atoms. The summed E-state index contributed by atoms with van der Waals surface area (Å²) in [5.74, 6) is 0.849. The first-order valence-corrected chi connectivity index (χ1v) is 10.2. The second-order valence-corrected chi connectivity index (χ2v) is 8.03. The van der Waals surface area contributed by atoms with Gasteiger partial charge in [0.15, 0.2) is 5.17 Å². The van der Waals surface area contributed by atoms with Crippen LogP contribution in [0.15, 0.2) is 76.9 Å². The molecule has 1 heterocycles. The topological polar surface area (TPSA) is 54.3 Å². The van der Waals surface area contributed by atoms with E-state index in [1.54, 1.807) is 18.2 Å². The van der Waals surface area contributed by atoms with Gasteiger partial charge in [-0.3, -0.25) is 9.69 Å².